The number of carbonyl (C=O) groups excluding carboxylic acids is 2. The van der Waals surface area contributed by atoms with Crippen molar-refractivity contribution in [1.82, 2.24) is 0 Å². The first-order valence-corrected chi connectivity index (χ1v) is 15.2. The van der Waals surface area contributed by atoms with Gasteiger partial charge in [0, 0.05) is 33.9 Å². The van der Waals surface area contributed by atoms with E-state index in [4.69, 9.17) is 9.57 Å². The standard InChI is InChI=1S/C32H24F7N3O5S/c1-46-23-7-2-15(26-19-8-14(13-43)9-24(19)47-42-26)10-20(23)29(44)41-27-18-5-3-16(31(34,35)36)11-25(18)48-28(27)30(45)40-17-4-6-22(33)21(12-17)32(37,38)39/h2-7,10-12,14,19,24,43H,8-9,13H2,1H3,(H,40,45)(H,41,44). The number of halogens is 7. The summed E-state index contributed by atoms with van der Waals surface area (Å²) in [6.07, 6.45) is -8.81. The number of amides is 2. The molecule has 1 aromatic heterocycles. The molecule has 48 heavy (non-hydrogen) atoms. The number of oxime groups is 1. The molecule has 2 aliphatic rings. The molecule has 0 spiro atoms. The van der Waals surface area contributed by atoms with Gasteiger partial charge in [0.25, 0.3) is 11.8 Å². The lowest BCUT2D eigenvalue weighted by atomic mass is 9.92. The van der Waals surface area contributed by atoms with Crippen LogP contribution in [0.1, 0.15) is 49.6 Å². The fourth-order valence-corrected chi connectivity index (χ4v) is 7.00. The average Bonchev–Trinajstić information content (AvgIpc) is 3.73. The number of benzene rings is 3. The summed E-state index contributed by atoms with van der Waals surface area (Å²) in [5.74, 6) is -3.45. The Bertz CT molecular complexity index is 1960. The molecule has 3 aromatic carbocycles. The lowest BCUT2D eigenvalue weighted by Crippen LogP contribution is -2.20. The van der Waals surface area contributed by atoms with Gasteiger partial charge in [-0.1, -0.05) is 11.2 Å². The summed E-state index contributed by atoms with van der Waals surface area (Å²) in [5, 5.41) is 18.6. The highest BCUT2D eigenvalue weighted by Crippen LogP contribution is 2.42. The first-order chi connectivity index (χ1) is 22.7. The van der Waals surface area contributed by atoms with Crippen molar-refractivity contribution in [2.45, 2.75) is 31.3 Å². The Hall–Kier alpha value is -4.70. The third kappa shape index (κ3) is 6.29. The van der Waals surface area contributed by atoms with Crippen molar-refractivity contribution in [3.8, 4) is 5.75 Å². The summed E-state index contributed by atoms with van der Waals surface area (Å²) in [5.41, 5.74) is -2.26. The Kier molecular flexibility index (Phi) is 8.57. The zero-order valence-electron chi connectivity index (χ0n) is 24.6. The minimum atomic E-state index is -5.07. The zero-order chi connectivity index (χ0) is 34.5. The number of aliphatic hydroxyl groups excluding tert-OH is 1. The van der Waals surface area contributed by atoms with Crippen molar-refractivity contribution in [2.24, 2.45) is 17.0 Å². The Morgan fingerprint density at radius 1 is 0.979 bits per heavy atom. The molecular weight excluding hydrogens is 671 g/mol. The molecule has 1 fully saturated rings. The van der Waals surface area contributed by atoms with E-state index in [-0.39, 0.29) is 56.5 Å². The molecule has 4 aromatic rings. The third-order valence-electron chi connectivity index (χ3n) is 8.23. The van der Waals surface area contributed by atoms with E-state index in [0.717, 1.165) is 24.3 Å². The summed E-state index contributed by atoms with van der Waals surface area (Å²) in [4.78, 5) is 32.5. The van der Waals surface area contributed by atoms with Crippen LogP contribution in [0.2, 0.25) is 0 Å². The maximum atomic E-state index is 13.9. The van der Waals surface area contributed by atoms with Crippen molar-refractivity contribution in [1.29, 1.82) is 0 Å². The lowest BCUT2D eigenvalue weighted by Gasteiger charge is -2.14. The largest absolute Gasteiger partial charge is 0.496 e. The van der Waals surface area contributed by atoms with E-state index in [1.807, 2.05) is 0 Å². The van der Waals surface area contributed by atoms with E-state index in [1.165, 1.54) is 19.2 Å². The van der Waals surface area contributed by atoms with Crippen LogP contribution in [0, 0.1) is 17.7 Å². The van der Waals surface area contributed by atoms with Gasteiger partial charge in [-0.25, -0.2) is 4.39 Å². The van der Waals surface area contributed by atoms with Crippen LogP contribution in [-0.4, -0.2) is 42.5 Å². The maximum Gasteiger partial charge on any atom is 0.419 e. The molecule has 6 rings (SSSR count). The lowest BCUT2D eigenvalue weighted by molar-refractivity contribution is -0.140. The smallest absolute Gasteiger partial charge is 0.419 e. The number of nitrogens with zero attached hydrogens (tertiary/aromatic N) is 1. The quantitative estimate of drug-likeness (QED) is 0.172. The number of alkyl halides is 6. The van der Waals surface area contributed by atoms with Gasteiger partial charge in [0.1, 0.15) is 22.5 Å². The second-order valence-corrected chi connectivity index (χ2v) is 12.3. The molecule has 1 saturated carbocycles. The highest BCUT2D eigenvalue weighted by Gasteiger charge is 2.43. The minimum absolute atomic E-state index is 0.0144. The zero-order valence-corrected chi connectivity index (χ0v) is 25.4. The van der Waals surface area contributed by atoms with Crippen LogP contribution in [0.5, 0.6) is 5.75 Å². The Morgan fingerprint density at radius 3 is 2.44 bits per heavy atom. The van der Waals surface area contributed by atoms with Crippen LogP contribution in [0.4, 0.5) is 42.1 Å². The predicted octanol–water partition coefficient (Wildman–Crippen LogP) is 7.71. The van der Waals surface area contributed by atoms with Gasteiger partial charge in [-0.05, 0) is 67.3 Å². The molecule has 252 valence electrons. The van der Waals surface area contributed by atoms with E-state index in [2.05, 4.69) is 15.8 Å². The molecule has 0 radical (unpaired) electrons. The maximum absolute atomic E-state index is 13.9. The van der Waals surface area contributed by atoms with Gasteiger partial charge >= 0.3 is 12.4 Å². The van der Waals surface area contributed by atoms with Gasteiger partial charge in [-0.3, -0.25) is 9.59 Å². The van der Waals surface area contributed by atoms with Gasteiger partial charge < -0.3 is 25.3 Å². The number of thiophene rings is 1. The summed E-state index contributed by atoms with van der Waals surface area (Å²) in [7, 11) is 1.32. The van der Waals surface area contributed by atoms with Crippen molar-refractivity contribution < 1.29 is 55.0 Å². The molecule has 2 heterocycles. The van der Waals surface area contributed by atoms with E-state index >= 15 is 0 Å². The van der Waals surface area contributed by atoms with Crippen LogP contribution in [0.3, 0.4) is 0 Å². The van der Waals surface area contributed by atoms with Gasteiger partial charge in [0.05, 0.1) is 35.2 Å². The molecule has 3 atom stereocenters. The normalized spacial score (nSPS) is 19.1. The average molecular weight is 696 g/mol. The Balaban J connectivity index is 1.37. The van der Waals surface area contributed by atoms with Gasteiger partial charge in [-0.2, -0.15) is 26.3 Å². The number of fused-ring (bicyclic) bond motifs is 2. The second kappa shape index (κ2) is 12.4. The van der Waals surface area contributed by atoms with E-state index < -0.39 is 46.8 Å². The molecule has 0 bridgehead atoms. The number of methoxy groups -OCH3 is 1. The molecule has 3 unspecified atom stereocenters. The molecule has 16 heteroatoms. The van der Waals surface area contributed by atoms with Gasteiger partial charge in [0.15, 0.2) is 0 Å². The topological polar surface area (TPSA) is 109 Å². The molecule has 8 nitrogen and oxygen atoms in total. The number of rotatable bonds is 7. The second-order valence-electron chi connectivity index (χ2n) is 11.3. The van der Waals surface area contributed by atoms with Gasteiger partial charge in [0.2, 0.25) is 0 Å². The van der Waals surface area contributed by atoms with Crippen molar-refractivity contribution in [3.05, 3.63) is 87.5 Å². The van der Waals surface area contributed by atoms with E-state index in [9.17, 15) is 45.4 Å². The molecule has 2 amide bonds. The number of hydrogen-bond donors (Lipinski definition) is 3. The van der Waals surface area contributed by atoms with Crippen LogP contribution < -0.4 is 15.4 Å². The van der Waals surface area contributed by atoms with Crippen LogP contribution >= 0.6 is 11.3 Å². The highest BCUT2D eigenvalue weighted by molar-refractivity contribution is 7.21. The third-order valence-corrected chi connectivity index (χ3v) is 9.38. The van der Waals surface area contributed by atoms with E-state index in [1.54, 1.807) is 6.07 Å². The van der Waals surface area contributed by atoms with Crippen LogP contribution in [0.15, 0.2) is 59.8 Å². The summed E-state index contributed by atoms with van der Waals surface area (Å²) in [6, 6.07) is 9.06. The highest BCUT2D eigenvalue weighted by atomic mass is 32.1. The molecule has 0 saturated heterocycles. The monoisotopic (exact) mass is 695 g/mol. The van der Waals surface area contributed by atoms with Crippen LogP contribution in [-0.2, 0) is 17.2 Å². The predicted molar refractivity (Wildman–Crippen MR) is 162 cm³/mol. The Morgan fingerprint density at radius 2 is 1.75 bits per heavy atom. The number of anilines is 2. The molecular formula is C32H24F7N3O5S. The SMILES string of the molecule is COc1ccc(C2=NOC3CC(CO)CC23)cc1C(=O)Nc1c(C(=O)Nc2ccc(F)c(C(F)(F)F)c2)sc2cc(C(F)(F)F)ccc12. The first kappa shape index (κ1) is 33.2. The fraction of sp³-hybridized carbons (Fsp3) is 0.281. The van der Waals surface area contributed by atoms with E-state index in [0.29, 0.717) is 47.6 Å². The number of ether oxygens (including phenoxy) is 1. The molecule has 1 aliphatic heterocycles. The van der Waals surface area contributed by atoms with Crippen molar-refractivity contribution in [3.63, 3.8) is 0 Å². The minimum Gasteiger partial charge on any atom is -0.496 e. The molecule has 3 N–H and O–H groups in total. The summed E-state index contributed by atoms with van der Waals surface area (Å²) < 4.78 is 99.6. The van der Waals surface area contributed by atoms with Gasteiger partial charge in [-0.15, -0.1) is 11.3 Å². The van der Waals surface area contributed by atoms with Crippen molar-refractivity contribution in [2.75, 3.05) is 24.4 Å². The Labute approximate surface area is 271 Å². The summed E-state index contributed by atoms with van der Waals surface area (Å²) >= 11 is 0.567. The van der Waals surface area contributed by atoms with Crippen molar-refractivity contribution >= 4 is 50.3 Å². The number of aliphatic hydroxyl groups is 1. The number of nitrogens with one attached hydrogen (secondary N) is 2. The molecule has 1 aliphatic carbocycles. The number of carbonyl (C=O) groups is 2. The fourth-order valence-electron chi connectivity index (χ4n) is 5.90. The van der Waals surface area contributed by atoms with Crippen LogP contribution in [0.25, 0.3) is 10.1 Å². The first-order valence-electron chi connectivity index (χ1n) is 14.3. The number of hydrogen-bond acceptors (Lipinski definition) is 7. The summed E-state index contributed by atoms with van der Waals surface area (Å²) in [6.45, 7) is -0.0144.